The number of amides is 1. The lowest BCUT2D eigenvalue weighted by Gasteiger charge is -2.30. The maximum Gasteiger partial charge on any atom is 0.307 e. The molecule has 7 heteroatoms. The van der Waals surface area contributed by atoms with Gasteiger partial charge in [-0.05, 0) is 18.4 Å². The van der Waals surface area contributed by atoms with E-state index in [2.05, 4.69) is 22.4 Å². The highest BCUT2D eigenvalue weighted by atomic mass is 16.5. The molecular weight excluding hydrogens is 346 g/mol. The summed E-state index contributed by atoms with van der Waals surface area (Å²) in [6.45, 7) is 2.58. The Kier molecular flexibility index (Phi) is 7.28. The van der Waals surface area contributed by atoms with E-state index in [0.717, 1.165) is 12.1 Å². The van der Waals surface area contributed by atoms with Crippen molar-refractivity contribution in [3.8, 4) is 5.75 Å². The van der Waals surface area contributed by atoms with Crippen molar-refractivity contribution in [1.82, 2.24) is 0 Å². The van der Waals surface area contributed by atoms with Crippen LogP contribution in [0.15, 0.2) is 36.4 Å². The number of ether oxygens (including phenoxy) is 2. The van der Waals surface area contributed by atoms with Crippen LogP contribution in [-0.4, -0.2) is 39.2 Å². The number of hydrogen-bond donors (Lipinski definition) is 2. The van der Waals surface area contributed by atoms with Crippen LogP contribution in [0.5, 0.6) is 5.75 Å². The molecule has 1 aromatic rings. The van der Waals surface area contributed by atoms with Gasteiger partial charge in [0.05, 0.1) is 37.7 Å². The second-order valence-electron chi connectivity index (χ2n) is 6.37. The first kappa shape index (κ1) is 20.4. The molecule has 1 aromatic carbocycles. The van der Waals surface area contributed by atoms with E-state index in [0.29, 0.717) is 36.1 Å². The summed E-state index contributed by atoms with van der Waals surface area (Å²) < 4.78 is 10.3. The first-order valence-electron chi connectivity index (χ1n) is 8.84. The number of methoxy groups -OCH3 is 2. The molecule has 146 valence electrons. The third-order valence-electron chi connectivity index (χ3n) is 4.34. The molecule has 1 aliphatic rings. The minimum atomic E-state index is -0.282. The topological polar surface area (TPSA) is 93.9 Å². The Labute approximate surface area is 159 Å². The van der Waals surface area contributed by atoms with Gasteiger partial charge in [0.1, 0.15) is 5.75 Å². The molecule has 0 fully saturated rings. The van der Waals surface area contributed by atoms with E-state index in [9.17, 15) is 9.59 Å². The number of carbonyl (C=O) groups is 2. The van der Waals surface area contributed by atoms with Gasteiger partial charge < -0.3 is 25.4 Å². The van der Waals surface area contributed by atoms with Crippen LogP contribution in [0.2, 0.25) is 0 Å². The van der Waals surface area contributed by atoms with Crippen molar-refractivity contribution >= 4 is 28.9 Å². The Hall–Kier alpha value is -2.96. The highest BCUT2D eigenvalue weighted by molar-refractivity contribution is 5.94. The summed E-state index contributed by atoms with van der Waals surface area (Å²) in [4.78, 5) is 25.2. The fourth-order valence-corrected chi connectivity index (χ4v) is 2.98. The van der Waals surface area contributed by atoms with Gasteiger partial charge in [-0.1, -0.05) is 24.3 Å². The van der Waals surface area contributed by atoms with Gasteiger partial charge in [-0.2, -0.15) is 0 Å². The molecular formula is C20H27N3O4. The van der Waals surface area contributed by atoms with Crippen LogP contribution in [0.25, 0.3) is 0 Å². The van der Waals surface area contributed by atoms with Gasteiger partial charge in [0.15, 0.2) is 0 Å². The van der Waals surface area contributed by atoms with Crippen molar-refractivity contribution in [1.29, 1.82) is 0 Å². The molecule has 1 amide bonds. The number of carbonyl (C=O) groups excluding carboxylic acids is 2. The van der Waals surface area contributed by atoms with Gasteiger partial charge in [0, 0.05) is 26.1 Å². The Morgan fingerprint density at radius 3 is 2.67 bits per heavy atom. The van der Waals surface area contributed by atoms with E-state index in [1.807, 2.05) is 12.2 Å². The number of esters is 1. The second kappa shape index (κ2) is 9.66. The molecule has 2 rings (SSSR count). The SMILES string of the molecule is COC(=O)CCN(CC1C=CC=CC1)c1cc(NC(C)=O)c(N)cc1OC. The Balaban J connectivity index is 2.35. The molecule has 0 saturated heterocycles. The average Bonchev–Trinajstić information content (AvgIpc) is 2.66. The average molecular weight is 373 g/mol. The predicted molar refractivity (Wildman–Crippen MR) is 107 cm³/mol. The molecule has 7 nitrogen and oxygen atoms in total. The molecule has 27 heavy (non-hydrogen) atoms. The summed E-state index contributed by atoms with van der Waals surface area (Å²) in [5, 5.41) is 2.74. The maximum atomic E-state index is 11.7. The van der Waals surface area contributed by atoms with Crippen LogP contribution in [0, 0.1) is 5.92 Å². The highest BCUT2D eigenvalue weighted by Crippen LogP contribution is 2.36. The smallest absolute Gasteiger partial charge is 0.307 e. The molecule has 0 aliphatic heterocycles. The summed E-state index contributed by atoms with van der Waals surface area (Å²) in [6, 6.07) is 3.47. The monoisotopic (exact) mass is 373 g/mol. The molecule has 0 bridgehead atoms. The van der Waals surface area contributed by atoms with E-state index in [1.54, 1.807) is 19.2 Å². The van der Waals surface area contributed by atoms with Crippen LogP contribution in [-0.2, 0) is 14.3 Å². The molecule has 0 saturated carbocycles. The number of anilines is 3. The molecule has 0 radical (unpaired) electrons. The van der Waals surface area contributed by atoms with Gasteiger partial charge in [-0.15, -0.1) is 0 Å². The van der Waals surface area contributed by atoms with Crippen molar-refractivity contribution in [2.45, 2.75) is 19.8 Å². The minimum absolute atomic E-state index is 0.209. The number of nitrogen functional groups attached to an aromatic ring is 1. The lowest BCUT2D eigenvalue weighted by molar-refractivity contribution is -0.140. The van der Waals surface area contributed by atoms with Gasteiger partial charge >= 0.3 is 5.97 Å². The first-order valence-corrected chi connectivity index (χ1v) is 8.84. The number of rotatable bonds is 8. The number of hydrogen-bond acceptors (Lipinski definition) is 6. The fourth-order valence-electron chi connectivity index (χ4n) is 2.98. The van der Waals surface area contributed by atoms with Crippen LogP contribution < -0.4 is 20.7 Å². The molecule has 0 heterocycles. The first-order chi connectivity index (χ1) is 12.9. The highest BCUT2D eigenvalue weighted by Gasteiger charge is 2.20. The van der Waals surface area contributed by atoms with Gasteiger partial charge in [0.2, 0.25) is 5.91 Å². The summed E-state index contributed by atoms with van der Waals surface area (Å²) >= 11 is 0. The van der Waals surface area contributed by atoms with E-state index in [-0.39, 0.29) is 18.3 Å². The van der Waals surface area contributed by atoms with Crippen LogP contribution in [0.3, 0.4) is 0 Å². The minimum Gasteiger partial charge on any atom is -0.495 e. The summed E-state index contributed by atoms with van der Waals surface area (Å²) in [5.41, 5.74) is 7.73. The van der Waals surface area contributed by atoms with Crippen molar-refractivity contribution in [3.63, 3.8) is 0 Å². The molecule has 0 aromatic heterocycles. The zero-order valence-corrected chi connectivity index (χ0v) is 16.0. The van der Waals surface area contributed by atoms with Crippen LogP contribution in [0.4, 0.5) is 17.1 Å². The zero-order valence-electron chi connectivity index (χ0n) is 16.0. The van der Waals surface area contributed by atoms with Gasteiger partial charge in [0.25, 0.3) is 0 Å². The normalized spacial score (nSPS) is 15.3. The van der Waals surface area contributed by atoms with Crippen molar-refractivity contribution in [2.75, 3.05) is 43.3 Å². The number of nitrogens with zero attached hydrogens (tertiary/aromatic N) is 1. The summed E-state index contributed by atoms with van der Waals surface area (Å²) in [5.74, 6) is 0.399. The third kappa shape index (κ3) is 5.77. The standard InChI is InChI=1S/C20H27N3O4/c1-14(24)22-17-12-18(19(26-2)11-16(17)21)23(10-9-20(25)27-3)13-15-7-5-4-6-8-15/h4-7,11-12,15H,8-10,13,21H2,1-3H3,(H,22,24). The maximum absolute atomic E-state index is 11.7. The molecule has 1 aliphatic carbocycles. The molecule has 3 N–H and O–H groups in total. The second-order valence-corrected chi connectivity index (χ2v) is 6.37. The van der Waals surface area contributed by atoms with E-state index >= 15 is 0 Å². The van der Waals surface area contributed by atoms with Crippen molar-refractivity contribution in [2.24, 2.45) is 5.92 Å². The molecule has 0 spiro atoms. The van der Waals surface area contributed by atoms with E-state index < -0.39 is 0 Å². The summed E-state index contributed by atoms with van der Waals surface area (Å²) in [6.07, 6.45) is 9.46. The largest absolute Gasteiger partial charge is 0.495 e. The number of nitrogens with one attached hydrogen (secondary N) is 1. The van der Waals surface area contributed by atoms with E-state index in [1.165, 1.54) is 14.0 Å². The fraction of sp³-hybridized carbons (Fsp3) is 0.400. The Morgan fingerprint density at radius 2 is 2.07 bits per heavy atom. The number of allylic oxidation sites excluding steroid dienone is 3. The lowest BCUT2D eigenvalue weighted by Crippen LogP contribution is -2.32. The van der Waals surface area contributed by atoms with Gasteiger partial charge in [-0.25, -0.2) is 0 Å². The van der Waals surface area contributed by atoms with Crippen molar-refractivity contribution < 1.29 is 19.1 Å². The molecule has 1 atom stereocenters. The Morgan fingerprint density at radius 1 is 1.30 bits per heavy atom. The van der Waals surface area contributed by atoms with Gasteiger partial charge in [-0.3, -0.25) is 9.59 Å². The number of benzene rings is 1. The van der Waals surface area contributed by atoms with Crippen molar-refractivity contribution in [3.05, 3.63) is 36.4 Å². The molecule has 1 unspecified atom stereocenters. The quantitative estimate of drug-likeness (QED) is 0.537. The van der Waals surface area contributed by atoms with Crippen LogP contribution >= 0.6 is 0 Å². The number of nitrogens with two attached hydrogens (primary N) is 1. The third-order valence-corrected chi connectivity index (χ3v) is 4.34. The predicted octanol–water partition coefficient (Wildman–Crippen LogP) is 2.74. The lowest BCUT2D eigenvalue weighted by atomic mass is 9.99. The zero-order chi connectivity index (χ0) is 19.8. The van der Waals surface area contributed by atoms with Crippen LogP contribution in [0.1, 0.15) is 19.8 Å². The summed E-state index contributed by atoms with van der Waals surface area (Å²) in [7, 11) is 2.94. The van der Waals surface area contributed by atoms with E-state index in [4.69, 9.17) is 15.2 Å². The Bertz CT molecular complexity index is 743.